The Hall–Kier alpha value is -1.11. The minimum absolute atomic E-state index is 0.0913. The van der Waals surface area contributed by atoms with Crippen molar-refractivity contribution in [1.82, 2.24) is 10.3 Å². The van der Waals surface area contributed by atoms with Crippen LogP contribution in [0.4, 0.5) is 0 Å². The summed E-state index contributed by atoms with van der Waals surface area (Å²) >= 11 is 3.00. The predicted octanol–water partition coefficient (Wildman–Crippen LogP) is 2.28. The minimum atomic E-state index is -0.879. The number of hydrogen-bond donors (Lipinski definition) is 2. The molecule has 4 nitrogen and oxygen atoms in total. The number of carbonyl (C=O) groups excluding carboxylic acids is 1. The lowest BCUT2D eigenvalue weighted by Gasteiger charge is -2.17. The van der Waals surface area contributed by atoms with E-state index in [4.69, 9.17) is 0 Å². The van der Waals surface area contributed by atoms with Gasteiger partial charge >= 0.3 is 0 Å². The molecule has 0 unspecified atom stereocenters. The number of nitrogens with one attached hydrogen (secondary N) is 1. The molecule has 0 saturated heterocycles. The Morgan fingerprint density at radius 2 is 2.21 bits per heavy atom. The van der Waals surface area contributed by atoms with Gasteiger partial charge in [0.25, 0.3) is 0 Å². The number of thiazole rings is 1. The normalized spacial score (nSPS) is 11.7. The van der Waals surface area contributed by atoms with E-state index in [2.05, 4.69) is 10.3 Å². The highest BCUT2D eigenvalue weighted by Gasteiger charge is 2.14. The number of nitrogens with zero attached hydrogens (tertiary/aromatic N) is 1. The molecule has 0 spiro atoms. The number of benzene rings is 1. The lowest BCUT2D eigenvalue weighted by Crippen LogP contribution is -2.38. The molecule has 1 aromatic heterocycles. The number of aromatic nitrogens is 1. The molecule has 1 aromatic carbocycles. The van der Waals surface area contributed by atoms with Crippen molar-refractivity contribution < 1.29 is 9.90 Å². The van der Waals surface area contributed by atoms with Gasteiger partial charge in [0.1, 0.15) is 0 Å². The number of carbonyl (C=O) groups is 1. The fourth-order valence-electron chi connectivity index (χ4n) is 1.41. The molecule has 6 heteroatoms. The molecule has 0 radical (unpaired) electrons. The Kier molecular flexibility index (Phi) is 4.44. The van der Waals surface area contributed by atoms with Gasteiger partial charge in [0.2, 0.25) is 5.91 Å². The third-order valence-electron chi connectivity index (χ3n) is 2.32. The van der Waals surface area contributed by atoms with E-state index in [1.54, 1.807) is 25.2 Å². The van der Waals surface area contributed by atoms with E-state index in [0.29, 0.717) is 5.75 Å². The summed E-state index contributed by atoms with van der Waals surface area (Å²) in [5, 5.41) is 12.2. The van der Waals surface area contributed by atoms with Gasteiger partial charge in [0, 0.05) is 6.54 Å². The van der Waals surface area contributed by atoms with E-state index in [1.165, 1.54) is 11.8 Å². The topological polar surface area (TPSA) is 62.2 Å². The molecule has 102 valence electrons. The van der Waals surface area contributed by atoms with E-state index in [9.17, 15) is 9.90 Å². The number of fused-ring (bicyclic) bond motifs is 1. The Morgan fingerprint density at radius 1 is 1.47 bits per heavy atom. The molecule has 1 heterocycles. The van der Waals surface area contributed by atoms with Gasteiger partial charge in [0.05, 0.1) is 21.6 Å². The Bertz CT molecular complexity index is 542. The number of amides is 1. The van der Waals surface area contributed by atoms with Crippen LogP contribution in [0.3, 0.4) is 0 Å². The van der Waals surface area contributed by atoms with Crippen LogP contribution in [0.25, 0.3) is 10.2 Å². The van der Waals surface area contributed by atoms with Crippen LogP contribution in [0.5, 0.6) is 0 Å². The maximum absolute atomic E-state index is 11.6. The molecule has 1 amide bonds. The largest absolute Gasteiger partial charge is 0.389 e. The number of rotatable bonds is 5. The summed E-state index contributed by atoms with van der Waals surface area (Å²) in [6.07, 6.45) is 0. The first-order chi connectivity index (χ1) is 8.94. The lowest BCUT2D eigenvalue weighted by atomic mass is 10.1. The summed E-state index contributed by atoms with van der Waals surface area (Å²) in [5.74, 6) is 0.224. The summed E-state index contributed by atoms with van der Waals surface area (Å²) < 4.78 is 2.02. The lowest BCUT2D eigenvalue weighted by molar-refractivity contribution is -0.119. The maximum atomic E-state index is 11.6. The van der Waals surface area contributed by atoms with Crippen molar-refractivity contribution in [2.75, 3.05) is 12.3 Å². The molecule has 2 N–H and O–H groups in total. The van der Waals surface area contributed by atoms with Gasteiger partial charge in [-0.05, 0) is 26.0 Å². The average molecular weight is 296 g/mol. The van der Waals surface area contributed by atoms with Crippen molar-refractivity contribution in [2.45, 2.75) is 23.8 Å². The van der Waals surface area contributed by atoms with E-state index in [-0.39, 0.29) is 12.5 Å². The van der Waals surface area contributed by atoms with Crippen LogP contribution in [0.1, 0.15) is 13.8 Å². The second-order valence-electron chi connectivity index (χ2n) is 4.83. The molecule has 0 bridgehead atoms. The van der Waals surface area contributed by atoms with Crippen LogP contribution < -0.4 is 5.32 Å². The van der Waals surface area contributed by atoms with Gasteiger partial charge in [-0.25, -0.2) is 4.98 Å². The van der Waals surface area contributed by atoms with Crippen LogP contribution in [-0.2, 0) is 4.79 Å². The zero-order valence-electron chi connectivity index (χ0n) is 10.8. The van der Waals surface area contributed by atoms with E-state index in [1.807, 2.05) is 24.3 Å². The van der Waals surface area contributed by atoms with Crippen molar-refractivity contribution in [3.8, 4) is 0 Å². The fraction of sp³-hybridized carbons (Fsp3) is 0.385. The minimum Gasteiger partial charge on any atom is -0.389 e. The van der Waals surface area contributed by atoms with Crippen molar-refractivity contribution in [3.05, 3.63) is 24.3 Å². The summed E-state index contributed by atoms with van der Waals surface area (Å²) in [6.45, 7) is 3.58. The average Bonchev–Trinajstić information content (AvgIpc) is 2.75. The number of thioether (sulfide) groups is 1. The quantitative estimate of drug-likeness (QED) is 0.831. The first-order valence-electron chi connectivity index (χ1n) is 5.91. The SMILES string of the molecule is CC(C)(O)CNC(=O)CSc1nc2ccccc2s1. The third kappa shape index (κ3) is 4.49. The summed E-state index contributed by atoms with van der Waals surface area (Å²) in [6, 6.07) is 7.91. The molecule has 0 aliphatic carbocycles. The Morgan fingerprint density at radius 3 is 2.89 bits per heavy atom. The second kappa shape index (κ2) is 5.90. The summed E-state index contributed by atoms with van der Waals surface area (Å²) in [5.41, 5.74) is 0.0859. The van der Waals surface area contributed by atoms with Gasteiger partial charge in [-0.1, -0.05) is 23.9 Å². The van der Waals surface area contributed by atoms with Gasteiger partial charge in [-0.3, -0.25) is 4.79 Å². The van der Waals surface area contributed by atoms with Crippen molar-refractivity contribution in [2.24, 2.45) is 0 Å². The molecule has 19 heavy (non-hydrogen) atoms. The standard InChI is InChI=1S/C13H16N2O2S2/c1-13(2,17)8-14-11(16)7-18-12-15-9-5-3-4-6-10(9)19-12/h3-6,17H,7-8H2,1-2H3,(H,14,16). The van der Waals surface area contributed by atoms with Crippen LogP contribution >= 0.6 is 23.1 Å². The smallest absolute Gasteiger partial charge is 0.230 e. The molecule has 0 saturated carbocycles. The van der Waals surface area contributed by atoms with Gasteiger partial charge in [0.15, 0.2) is 4.34 Å². The highest BCUT2D eigenvalue weighted by Crippen LogP contribution is 2.28. The third-order valence-corrected chi connectivity index (χ3v) is 4.50. The predicted molar refractivity (Wildman–Crippen MR) is 79.7 cm³/mol. The molecule has 0 atom stereocenters. The zero-order valence-corrected chi connectivity index (χ0v) is 12.5. The first-order valence-corrected chi connectivity index (χ1v) is 7.72. The molecule has 2 rings (SSSR count). The summed E-state index contributed by atoms with van der Waals surface area (Å²) in [7, 11) is 0. The van der Waals surface area contributed by atoms with Gasteiger partial charge in [-0.2, -0.15) is 0 Å². The van der Waals surface area contributed by atoms with Crippen molar-refractivity contribution in [3.63, 3.8) is 0 Å². The van der Waals surface area contributed by atoms with Gasteiger partial charge < -0.3 is 10.4 Å². The highest BCUT2D eigenvalue weighted by atomic mass is 32.2. The number of para-hydroxylation sites is 1. The first kappa shape index (κ1) is 14.3. The highest BCUT2D eigenvalue weighted by molar-refractivity contribution is 8.01. The van der Waals surface area contributed by atoms with Crippen LogP contribution in [0.2, 0.25) is 0 Å². The van der Waals surface area contributed by atoms with E-state index in [0.717, 1.165) is 14.6 Å². The Labute approximate surface area is 120 Å². The van der Waals surface area contributed by atoms with Crippen LogP contribution in [-0.4, -0.2) is 33.9 Å². The van der Waals surface area contributed by atoms with E-state index >= 15 is 0 Å². The molecule has 0 aliphatic heterocycles. The summed E-state index contributed by atoms with van der Waals surface area (Å²) in [4.78, 5) is 16.1. The zero-order chi connectivity index (χ0) is 13.9. The monoisotopic (exact) mass is 296 g/mol. The fourth-order valence-corrected chi connectivity index (χ4v) is 3.30. The van der Waals surface area contributed by atoms with Crippen molar-refractivity contribution >= 4 is 39.2 Å². The number of hydrogen-bond acceptors (Lipinski definition) is 5. The van der Waals surface area contributed by atoms with Crippen molar-refractivity contribution in [1.29, 1.82) is 0 Å². The number of aliphatic hydroxyl groups is 1. The molecular weight excluding hydrogens is 280 g/mol. The molecule has 0 aliphatic rings. The van der Waals surface area contributed by atoms with Gasteiger partial charge in [-0.15, -0.1) is 11.3 Å². The molecular formula is C13H16N2O2S2. The maximum Gasteiger partial charge on any atom is 0.230 e. The second-order valence-corrected chi connectivity index (χ2v) is 7.08. The molecule has 2 aromatic rings. The van der Waals surface area contributed by atoms with Crippen LogP contribution in [0.15, 0.2) is 28.6 Å². The Balaban J connectivity index is 1.86. The molecule has 0 fully saturated rings. The van der Waals surface area contributed by atoms with Crippen LogP contribution in [0, 0.1) is 0 Å². The van der Waals surface area contributed by atoms with E-state index < -0.39 is 5.60 Å².